The number of carbonyl (C=O) groups is 3. The third kappa shape index (κ3) is 6.07. The van der Waals surface area contributed by atoms with Crippen LogP contribution in [-0.2, 0) is 14.3 Å². The Balaban J connectivity index is 1.33. The van der Waals surface area contributed by atoms with Crippen molar-refractivity contribution in [1.82, 2.24) is 15.3 Å². The lowest BCUT2D eigenvalue weighted by Crippen LogP contribution is -2.53. The number of benzene rings is 1. The average molecular weight is 487 g/mol. The SMILES string of the molecule is CN(C(=O)OC1CCC(C(=O)N2CCN(c3ccccc3)CC2)C(C(=O)NO)C1)C1CCCCC1. The molecule has 1 heterocycles. The first-order chi connectivity index (χ1) is 17.0. The zero-order chi connectivity index (χ0) is 24.8. The number of nitrogens with one attached hydrogen (secondary N) is 1. The lowest BCUT2D eigenvalue weighted by molar-refractivity contribution is -0.149. The molecule has 1 aromatic carbocycles. The molecule has 3 atom stereocenters. The maximum Gasteiger partial charge on any atom is 0.410 e. The molecule has 3 amide bonds. The van der Waals surface area contributed by atoms with Crippen LogP contribution in [0.2, 0.25) is 0 Å². The van der Waals surface area contributed by atoms with Crippen molar-refractivity contribution >= 4 is 23.6 Å². The molecule has 1 aromatic rings. The fourth-order valence-corrected chi connectivity index (χ4v) is 5.81. The Kier molecular flexibility index (Phi) is 8.49. The van der Waals surface area contributed by atoms with E-state index in [1.54, 1.807) is 17.4 Å². The van der Waals surface area contributed by atoms with E-state index in [4.69, 9.17) is 4.74 Å². The van der Waals surface area contributed by atoms with Crippen molar-refractivity contribution in [2.45, 2.75) is 63.5 Å². The molecule has 3 aliphatic rings. The van der Waals surface area contributed by atoms with Crippen LogP contribution in [0.25, 0.3) is 0 Å². The van der Waals surface area contributed by atoms with Gasteiger partial charge in [-0.3, -0.25) is 14.8 Å². The molecule has 9 heteroatoms. The maximum absolute atomic E-state index is 13.4. The molecule has 0 aromatic heterocycles. The van der Waals surface area contributed by atoms with E-state index in [1.807, 2.05) is 23.1 Å². The molecular weight excluding hydrogens is 448 g/mol. The Morgan fingerprint density at radius 3 is 2.29 bits per heavy atom. The molecule has 9 nitrogen and oxygen atoms in total. The van der Waals surface area contributed by atoms with Crippen LogP contribution in [0.4, 0.5) is 10.5 Å². The summed E-state index contributed by atoms with van der Waals surface area (Å²) in [5, 5.41) is 9.34. The molecule has 3 fully saturated rings. The number of anilines is 1. The van der Waals surface area contributed by atoms with Crippen molar-refractivity contribution in [1.29, 1.82) is 0 Å². The zero-order valence-corrected chi connectivity index (χ0v) is 20.6. The first-order valence-corrected chi connectivity index (χ1v) is 12.9. The Morgan fingerprint density at radius 2 is 1.63 bits per heavy atom. The van der Waals surface area contributed by atoms with E-state index in [0.717, 1.165) is 44.5 Å². The second-order valence-corrected chi connectivity index (χ2v) is 10.1. The number of amides is 3. The Hall–Kier alpha value is -2.81. The molecule has 1 aliphatic heterocycles. The van der Waals surface area contributed by atoms with Gasteiger partial charge in [0, 0.05) is 45.0 Å². The van der Waals surface area contributed by atoms with Gasteiger partial charge in [0.1, 0.15) is 6.10 Å². The fourth-order valence-electron chi connectivity index (χ4n) is 5.81. The molecule has 0 spiro atoms. The summed E-state index contributed by atoms with van der Waals surface area (Å²) in [6.07, 6.45) is 5.80. The predicted octanol–water partition coefficient (Wildman–Crippen LogP) is 3.03. The second kappa shape index (κ2) is 11.7. The highest BCUT2D eigenvalue weighted by Crippen LogP contribution is 2.34. The van der Waals surface area contributed by atoms with Gasteiger partial charge in [-0.05, 0) is 44.2 Å². The van der Waals surface area contributed by atoms with Gasteiger partial charge < -0.3 is 19.4 Å². The molecule has 2 aliphatic carbocycles. The van der Waals surface area contributed by atoms with Crippen LogP contribution < -0.4 is 10.4 Å². The smallest absolute Gasteiger partial charge is 0.410 e. The fraction of sp³-hybridized carbons (Fsp3) is 0.654. The van der Waals surface area contributed by atoms with Gasteiger partial charge in [0.15, 0.2) is 0 Å². The van der Waals surface area contributed by atoms with Crippen molar-refractivity contribution in [3.63, 3.8) is 0 Å². The molecule has 192 valence electrons. The number of hydrogen-bond donors (Lipinski definition) is 2. The summed E-state index contributed by atoms with van der Waals surface area (Å²) in [5.41, 5.74) is 2.87. The van der Waals surface area contributed by atoms with E-state index in [9.17, 15) is 19.6 Å². The van der Waals surface area contributed by atoms with Gasteiger partial charge in [-0.1, -0.05) is 37.5 Å². The number of ether oxygens (including phenoxy) is 1. The Labute approximate surface area is 207 Å². The van der Waals surface area contributed by atoms with Crippen LogP contribution in [0, 0.1) is 11.8 Å². The standard InChI is InChI=1S/C26H38N4O5/c1-28(19-8-4-2-5-9-19)26(33)35-21-12-13-22(23(18-21)24(31)27-34)25(32)30-16-14-29(15-17-30)20-10-6-3-7-11-20/h3,6-7,10-11,19,21-23,34H,2,4-5,8-9,12-18H2,1H3,(H,27,31). The number of nitrogens with zero attached hydrogens (tertiary/aromatic N) is 3. The van der Waals surface area contributed by atoms with Crippen molar-refractivity contribution in [3.8, 4) is 0 Å². The summed E-state index contributed by atoms with van der Waals surface area (Å²) in [6.45, 7) is 2.63. The molecule has 0 bridgehead atoms. The average Bonchev–Trinajstić information content (AvgIpc) is 2.92. The van der Waals surface area contributed by atoms with Crippen LogP contribution in [0.5, 0.6) is 0 Å². The third-order valence-electron chi connectivity index (χ3n) is 7.96. The van der Waals surface area contributed by atoms with Gasteiger partial charge in [0.25, 0.3) is 0 Å². The normalized spacial score (nSPS) is 25.6. The number of hydroxylamine groups is 1. The van der Waals surface area contributed by atoms with Crippen LogP contribution in [0.15, 0.2) is 30.3 Å². The number of hydrogen-bond acceptors (Lipinski definition) is 6. The van der Waals surface area contributed by atoms with Gasteiger partial charge in [0.2, 0.25) is 11.8 Å². The monoisotopic (exact) mass is 486 g/mol. The van der Waals surface area contributed by atoms with Gasteiger partial charge in [-0.25, -0.2) is 10.3 Å². The van der Waals surface area contributed by atoms with Crippen LogP contribution in [0.3, 0.4) is 0 Å². The van der Waals surface area contributed by atoms with Gasteiger partial charge in [0.05, 0.1) is 11.8 Å². The molecule has 3 unspecified atom stereocenters. The summed E-state index contributed by atoms with van der Waals surface area (Å²) >= 11 is 0. The summed E-state index contributed by atoms with van der Waals surface area (Å²) in [7, 11) is 1.78. The zero-order valence-electron chi connectivity index (χ0n) is 20.6. The van der Waals surface area contributed by atoms with E-state index in [2.05, 4.69) is 17.0 Å². The van der Waals surface area contributed by atoms with Gasteiger partial charge in [-0.15, -0.1) is 0 Å². The third-order valence-corrected chi connectivity index (χ3v) is 7.96. The van der Waals surface area contributed by atoms with Gasteiger partial charge >= 0.3 is 6.09 Å². The van der Waals surface area contributed by atoms with Crippen molar-refractivity contribution in [2.24, 2.45) is 11.8 Å². The first kappa shape index (κ1) is 25.3. The summed E-state index contributed by atoms with van der Waals surface area (Å²) in [6, 6.07) is 10.3. The van der Waals surface area contributed by atoms with Crippen LogP contribution >= 0.6 is 0 Å². The van der Waals surface area contributed by atoms with Crippen molar-refractivity contribution in [2.75, 3.05) is 38.1 Å². The van der Waals surface area contributed by atoms with Crippen LogP contribution in [-0.4, -0.2) is 78.3 Å². The van der Waals surface area contributed by atoms with Crippen molar-refractivity contribution in [3.05, 3.63) is 30.3 Å². The highest BCUT2D eigenvalue weighted by atomic mass is 16.6. The predicted molar refractivity (Wildman–Crippen MR) is 131 cm³/mol. The van der Waals surface area contributed by atoms with Crippen LogP contribution in [0.1, 0.15) is 51.4 Å². The minimum Gasteiger partial charge on any atom is -0.446 e. The number of carbonyl (C=O) groups excluding carboxylic acids is 3. The van der Waals surface area contributed by atoms with E-state index >= 15 is 0 Å². The Bertz CT molecular complexity index is 868. The first-order valence-electron chi connectivity index (χ1n) is 12.9. The molecule has 4 rings (SSSR count). The lowest BCUT2D eigenvalue weighted by atomic mass is 9.76. The largest absolute Gasteiger partial charge is 0.446 e. The summed E-state index contributed by atoms with van der Waals surface area (Å²) in [5.74, 6) is -1.91. The molecule has 1 saturated heterocycles. The number of para-hydroxylation sites is 1. The van der Waals surface area contributed by atoms with E-state index in [1.165, 1.54) is 6.42 Å². The summed E-state index contributed by atoms with van der Waals surface area (Å²) in [4.78, 5) is 44.4. The van der Waals surface area contributed by atoms with Crippen molar-refractivity contribution < 1.29 is 24.3 Å². The molecule has 0 radical (unpaired) electrons. The number of piperazine rings is 1. The quantitative estimate of drug-likeness (QED) is 0.490. The maximum atomic E-state index is 13.4. The van der Waals surface area contributed by atoms with E-state index in [-0.39, 0.29) is 24.5 Å². The molecular formula is C26H38N4O5. The highest BCUT2D eigenvalue weighted by molar-refractivity contribution is 5.87. The minimum absolute atomic E-state index is 0.0598. The minimum atomic E-state index is -0.730. The van der Waals surface area contributed by atoms with Gasteiger partial charge in [-0.2, -0.15) is 0 Å². The second-order valence-electron chi connectivity index (χ2n) is 10.1. The lowest BCUT2D eigenvalue weighted by Gasteiger charge is -2.41. The molecule has 2 N–H and O–H groups in total. The summed E-state index contributed by atoms with van der Waals surface area (Å²) < 4.78 is 5.76. The highest BCUT2D eigenvalue weighted by Gasteiger charge is 2.43. The van der Waals surface area contributed by atoms with E-state index in [0.29, 0.717) is 25.9 Å². The molecule has 35 heavy (non-hydrogen) atoms. The Morgan fingerprint density at radius 1 is 0.943 bits per heavy atom. The molecule has 2 saturated carbocycles. The number of rotatable bonds is 5. The topological polar surface area (TPSA) is 102 Å². The van der Waals surface area contributed by atoms with E-state index < -0.39 is 23.8 Å².